The van der Waals surface area contributed by atoms with E-state index < -0.39 is 5.41 Å². The molecule has 4 aliphatic rings. The number of rotatable bonds is 0. The van der Waals surface area contributed by atoms with Crippen molar-refractivity contribution in [2.24, 2.45) is 0 Å². The van der Waals surface area contributed by atoms with Crippen LogP contribution in [-0.2, 0) is 16.6 Å². The first-order valence-corrected chi connectivity index (χ1v) is 9.57. The van der Waals surface area contributed by atoms with Crippen molar-refractivity contribution in [3.63, 3.8) is 0 Å². The maximum absolute atomic E-state index is 13.7. The summed E-state index contributed by atoms with van der Waals surface area (Å²) in [6.45, 7) is 1.13. The number of anilines is 1. The van der Waals surface area contributed by atoms with Gasteiger partial charge in [-0.1, -0.05) is 22.0 Å². The summed E-state index contributed by atoms with van der Waals surface area (Å²) in [4.78, 5) is 20.3. The zero-order valence-electron chi connectivity index (χ0n) is 13.9. The Labute approximate surface area is 158 Å². The third-order valence-electron chi connectivity index (χ3n) is 5.77. The molecule has 1 spiro atoms. The smallest absolute Gasteiger partial charge is 0.260 e. The predicted octanol–water partition coefficient (Wildman–Crippen LogP) is 2.93. The van der Waals surface area contributed by atoms with Crippen LogP contribution in [0.4, 0.5) is 5.69 Å². The summed E-state index contributed by atoms with van der Waals surface area (Å²) in [7, 11) is 0. The van der Waals surface area contributed by atoms with Gasteiger partial charge in [-0.25, -0.2) is 4.98 Å². The number of nitrogens with zero attached hydrogens (tertiary/aromatic N) is 2. The fourth-order valence-electron chi connectivity index (χ4n) is 4.60. The first-order chi connectivity index (χ1) is 12.7. The molecule has 0 saturated carbocycles. The number of amides is 1. The normalized spacial score (nSPS) is 24.5. The molecule has 2 aromatic rings. The van der Waals surface area contributed by atoms with Gasteiger partial charge < -0.3 is 19.1 Å². The van der Waals surface area contributed by atoms with Crippen molar-refractivity contribution in [3.8, 4) is 17.4 Å². The number of ether oxygens (including phenoxy) is 3. The summed E-state index contributed by atoms with van der Waals surface area (Å²) >= 11 is 3.70. The van der Waals surface area contributed by atoms with Gasteiger partial charge in [0.1, 0.15) is 18.1 Å². The zero-order chi connectivity index (χ0) is 17.5. The standard InChI is InChI=1S/C19H15BrN2O4/c20-11-5-4-10-3-1-2-6-22-15(10)14(11)19(18(22)23)8-24-12-7-13-17(21-16(12)19)26-9-25-13/h4-5,7H,1-3,6,8-9H2. The Kier molecular flexibility index (Phi) is 2.80. The molecule has 4 aliphatic heterocycles. The lowest BCUT2D eigenvalue weighted by Crippen LogP contribution is -2.43. The average molecular weight is 415 g/mol. The molecule has 0 saturated heterocycles. The van der Waals surface area contributed by atoms with Crippen LogP contribution in [0.1, 0.15) is 29.7 Å². The molecule has 1 aromatic heterocycles. The number of carbonyl (C=O) groups excluding carboxylic acids is 1. The highest BCUT2D eigenvalue weighted by Gasteiger charge is 2.60. The highest BCUT2D eigenvalue weighted by Crippen LogP contribution is 2.56. The zero-order valence-corrected chi connectivity index (χ0v) is 15.5. The Balaban J connectivity index is 1.66. The van der Waals surface area contributed by atoms with Gasteiger partial charge in [-0.2, -0.15) is 0 Å². The van der Waals surface area contributed by atoms with E-state index in [0.29, 0.717) is 23.1 Å². The summed E-state index contributed by atoms with van der Waals surface area (Å²) in [5.74, 6) is 1.65. The molecule has 0 N–H and O–H groups in total. The van der Waals surface area contributed by atoms with Crippen LogP contribution in [0.25, 0.3) is 0 Å². The van der Waals surface area contributed by atoms with Crippen LogP contribution in [0.2, 0.25) is 0 Å². The summed E-state index contributed by atoms with van der Waals surface area (Å²) < 4.78 is 17.8. The fraction of sp³-hybridized carbons (Fsp3) is 0.368. The molecule has 26 heavy (non-hydrogen) atoms. The van der Waals surface area contributed by atoms with Crippen LogP contribution in [0.15, 0.2) is 22.7 Å². The molecule has 1 atom stereocenters. The molecule has 1 unspecified atom stereocenters. The predicted molar refractivity (Wildman–Crippen MR) is 96.1 cm³/mol. The summed E-state index contributed by atoms with van der Waals surface area (Å²) in [6, 6.07) is 5.96. The third kappa shape index (κ3) is 1.63. The summed E-state index contributed by atoms with van der Waals surface area (Å²) in [5, 5.41) is 0. The number of pyridine rings is 1. The van der Waals surface area contributed by atoms with Gasteiger partial charge in [0, 0.05) is 22.6 Å². The third-order valence-corrected chi connectivity index (χ3v) is 6.43. The molecule has 0 bridgehead atoms. The van der Waals surface area contributed by atoms with E-state index in [9.17, 15) is 4.79 Å². The number of carbonyl (C=O) groups is 1. The van der Waals surface area contributed by atoms with E-state index >= 15 is 0 Å². The maximum atomic E-state index is 13.7. The van der Waals surface area contributed by atoms with Crippen LogP contribution in [0.3, 0.4) is 0 Å². The van der Waals surface area contributed by atoms with E-state index in [1.54, 1.807) is 6.07 Å². The molecule has 5 heterocycles. The molecule has 0 fully saturated rings. The van der Waals surface area contributed by atoms with Crippen molar-refractivity contribution in [2.45, 2.75) is 24.7 Å². The Hall–Kier alpha value is -2.28. The minimum atomic E-state index is -0.919. The average Bonchev–Trinajstić information content (AvgIpc) is 3.25. The fourth-order valence-corrected chi connectivity index (χ4v) is 5.26. The number of halogens is 1. The summed E-state index contributed by atoms with van der Waals surface area (Å²) in [5.41, 5.74) is 2.96. The van der Waals surface area contributed by atoms with E-state index in [4.69, 9.17) is 14.2 Å². The topological polar surface area (TPSA) is 60.9 Å². The Morgan fingerprint density at radius 3 is 3.00 bits per heavy atom. The number of aromatic nitrogens is 1. The number of aryl methyl sites for hydroxylation is 1. The van der Waals surface area contributed by atoms with E-state index in [1.165, 1.54) is 5.56 Å². The number of hydrogen-bond acceptors (Lipinski definition) is 5. The largest absolute Gasteiger partial charge is 0.490 e. The van der Waals surface area contributed by atoms with Gasteiger partial charge in [0.2, 0.25) is 12.7 Å². The van der Waals surface area contributed by atoms with Gasteiger partial charge in [-0.05, 0) is 30.9 Å². The summed E-state index contributed by atoms with van der Waals surface area (Å²) in [6.07, 6.45) is 3.07. The van der Waals surface area contributed by atoms with Crippen molar-refractivity contribution in [3.05, 3.63) is 39.5 Å². The Morgan fingerprint density at radius 1 is 1.15 bits per heavy atom. The van der Waals surface area contributed by atoms with Gasteiger partial charge >= 0.3 is 0 Å². The van der Waals surface area contributed by atoms with Crippen LogP contribution >= 0.6 is 15.9 Å². The first kappa shape index (κ1) is 14.8. The van der Waals surface area contributed by atoms with E-state index in [1.807, 2.05) is 11.0 Å². The number of hydrogen-bond donors (Lipinski definition) is 0. The number of fused-ring (bicyclic) bond motifs is 4. The van der Waals surface area contributed by atoms with E-state index in [0.717, 1.165) is 41.5 Å². The lowest BCUT2D eigenvalue weighted by molar-refractivity contribution is -0.122. The SMILES string of the molecule is O=C1N2CCCCc3ccc(Br)c(c32)C12COc1cc3c(nc12)OCO3. The van der Waals surface area contributed by atoms with E-state index in [-0.39, 0.29) is 19.3 Å². The minimum Gasteiger partial charge on any atom is -0.490 e. The van der Waals surface area contributed by atoms with Gasteiger partial charge in [-0.3, -0.25) is 4.79 Å². The van der Waals surface area contributed by atoms with Gasteiger partial charge in [-0.15, -0.1) is 0 Å². The molecule has 132 valence electrons. The molecule has 0 aliphatic carbocycles. The molecule has 6 nitrogen and oxygen atoms in total. The lowest BCUT2D eigenvalue weighted by atomic mass is 9.79. The van der Waals surface area contributed by atoms with Crippen LogP contribution in [0.5, 0.6) is 17.4 Å². The van der Waals surface area contributed by atoms with Crippen molar-refractivity contribution in [2.75, 3.05) is 24.8 Å². The van der Waals surface area contributed by atoms with Crippen LogP contribution in [-0.4, -0.2) is 30.8 Å². The molecule has 1 aromatic carbocycles. The first-order valence-electron chi connectivity index (χ1n) is 8.78. The molecular weight excluding hydrogens is 400 g/mol. The molecule has 0 radical (unpaired) electrons. The van der Waals surface area contributed by atoms with Crippen molar-refractivity contribution < 1.29 is 19.0 Å². The molecule has 7 heteroatoms. The van der Waals surface area contributed by atoms with Gasteiger partial charge in [0.05, 0.1) is 5.69 Å². The van der Waals surface area contributed by atoms with Crippen molar-refractivity contribution in [1.82, 2.24) is 4.98 Å². The van der Waals surface area contributed by atoms with Gasteiger partial charge in [0.15, 0.2) is 11.2 Å². The monoisotopic (exact) mass is 414 g/mol. The van der Waals surface area contributed by atoms with Crippen LogP contribution in [0, 0.1) is 0 Å². The minimum absolute atomic E-state index is 0.0488. The Morgan fingerprint density at radius 2 is 2.08 bits per heavy atom. The van der Waals surface area contributed by atoms with E-state index in [2.05, 4.69) is 27.0 Å². The second-order valence-corrected chi connectivity index (χ2v) is 7.94. The second kappa shape index (κ2) is 4.91. The molecule has 1 amide bonds. The molecule has 6 rings (SSSR count). The van der Waals surface area contributed by atoms with Gasteiger partial charge in [0.25, 0.3) is 5.88 Å². The van der Waals surface area contributed by atoms with Crippen LogP contribution < -0.4 is 19.1 Å². The second-order valence-electron chi connectivity index (χ2n) is 7.08. The maximum Gasteiger partial charge on any atom is 0.260 e. The highest BCUT2D eigenvalue weighted by atomic mass is 79.9. The molecular formula is C19H15BrN2O4. The quantitative estimate of drug-likeness (QED) is 0.663. The lowest BCUT2D eigenvalue weighted by Gasteiger charge is -2.22. The highest BCUT2D eigenvalue weighted by molar-refractivity contribution is 9.10. The number of benzene rings is 1. The van der Waals surface area contributed by atoms with Crippen molar-refractivity contribution in [1.29, 1.82) is 0 Å². The van der Waals surface area contributed by atoms with Crippen molar-refractivity contribution >= 4 is 27.5 Å². The Bertz CT molecular complexity index is 992.